The zero-order valence-corrected chi connectivity index (χ0v) is 18.3. The van der Waals surface area contributed by atoms with E-state index in [2.05, 4.69) is 37.6 Å². The molecule has 0 saturated carbocycles. The molecule has 0 spiro atoms. The monoisotopic (exact) mass is 459 g/mol. The van der Waals surface area contributed by atoms with Gasteiger partial charge < -0.3 is 20.7 Å². The highest BCUT2D eigenvalue weighted by molar-refractivity contribution is 6.03. The molecule has 0 bridgehead atoms. The molecule has 0 aliphatic heterocycles. The van der Waals surface area contributed by atoms with E-state index in [0.717, 1.165) is 11.9 Å². The van der Waals surface area contributed by atoms with Crippen molar-refractivity contribution in [2.75, 3.05) is 23.1 Å². The lowest BCUT2D eigenvalue weighted by molar-refractivity contribution is -0.113. The molecule has 2 aromatic heterocycles. The maximum Gasteiger partial charge on any atom is 0.252 e. The fraction of sp³-hybridized carbons (Fsp3) is 0.0833. The van der Waals surface area contributed by atoms with Crippen LogP contribution < -0.4 is 20.7 Å². The van der Waals surface area contributed by atoms with E-state index >= 15 is 0 Å². The highest BCUT2D eigenvalue weighted by Crippen LogP contribution is 2.23. The Morgan fingerprint density at radius 2 is 1.88 bits per heavy atom. The molecule has 0 unspecified atom stereocenters. The van der Waals surface area contributed by atoms with Crippen molar-refractivity contribution >= 4 is 34.7 Å². The fourth-order valence-electron chi connectivity index (χ4n) is 3.01. The zero-order valence-electron chi connectivity index (χ0n) is 18.3. The molecule has 34 heavy (non-hydrogen) atoms. The van der Waals surface area contributed by atoms with E-state index in [1.165, 1.54) is 0 Å². The number of amides is 1. The normalized spacial score (nSPS) is 10.4. The van der Waals surface area contributed by atoms with E-state index in [1.807, 2.05) is 0 Å². The van der Waals surface area contributed by atoms with Crippen LogP contribution in [0.5, 0.6) is 5.75 Å². The Labute approximate surface area is 195 Å². The number of anilines is 5. The lowest BCUT2D eigenvalue weighted by Crippen LogP contribution is -2.17. The number of aromatic nitrogens is 4. The molecule has 0 fully saturated rings. The molecule has 172 valence electrons. The molecule has 1 amide bonds. The van der Waals surface area contributed by atoms with Gasteiger partial charge in [-0.15, -0.1) is 0 Å². The van der Waals surface area contributed by atoms with Crippen LogP contribution in [0.1, 0.15) is 0 Å². The summed E-state index contributed by atoms with van der Waals surface area (Å²) < 4.78 is 21.1. The molecule has 9 nitrogen and oxygen atoms in total. The van der Waals surface area contributed by atoms with Gasteiger partial charge >= 0.3 is 0 Å². The number of hydrogen-bond donors (Lipinski definition) is 3. The molecule has 0 atom stereocenters. The SMILES string of the molecule is C=C(Cn1cccn1)C(=O)Nc1cccc(Nc2nc(Nc3ccc(OC)cc3)ncc2F)c1. The predicted octanol–water partition coefficient (Wildman–Crippen LogP) is 4.50. The molecule has 0 aliphatic carbocycles. The van der Waals surface area contributed by atoms with Crippen LogP contribution in [0.4, 0.5) is 33.2 Å². The Bertz CT molecular complexity index is 1290. The van der Waals surface area contributed by atoms with Crippen molar-refractivity contribution < 1.29 is 13.9 Å². The van der Waals surface area contributed by atoms with E-state index in [-0.39, 0.29) is 24.2 Å². The van der Waals surface area contributed by atoms with E-state index in [4.69, 9.17) is 4.74 Å². The van der Waals surface area contributed by atoms with Crippen LogP contribution in [0, 0.1) is 5.82 Å². The molecule has 0 saturated heterocycles. The molecular weight excluding hydrogens is 437 g/mol. The standard InChI is InChI=1S/C24H22FN7O2/c1-16(15-32-12-4-11-27-32)23(33)29-19-6-3-5-18(13-19)28-22-21(25)14-26-24(31-22)30-17-7-9-20(34-2)10-8-17/h3-14H,1,15H2,2H3,(H,29,33)(H2,26,28,30,31). The van der Waals surface area contributed by atoms with Gasteiger partial charge in [0.1, 0.15) is 5.75 Å². The van der Waals surface area contributed by atoms with Crippen LogP contribution >= 0.6 is 0 Å². The summed E-state index contributed by atoms with van der Waals surface area (Å²) in [5, 5.41) is 12.8. The van der Waals surface area contributed by atoms with Gasteiger partial charge in [0.15, 0.2) is 11.6 Å². The van der Waals surface area contributed by atoms with E-state index in [0.29, 0.717) is 22.7 Å². The van der Waals surface area contributed by atoms with Crippen molar-refractivity contribution in [2.24, 2.45) is 0 Å². The lowest BCUT2D eigenvalue weighted by Gasteiger charge is -2.12. The first-order chi connectivity index (χ1) is 16.5. The number of nitrogens with one attached hydrogen (secondary N) is 3. The van der Waals surface area contributed by atoms with Crippen molar-refractivity contribution in [1.82, 2.24) is 19.7 Å². The van der Waals surface area contributed by atoms with Crippen molar-refractivity contribution in [3.63, 3.8) is 0 Å². The van der Waals surface area contributed by atoms with Crippen LogP contribution in [0.2, 0.25) is 0 Å². The fourth-order valence-corrected chi connectivity index (χ4v) is 3.01. The van der Waals surface area contributed by atoms with Crippen molar-refractivity contribution in [1.29, 1.82) is 0 Å². The number of nitrogens with zero attached hydrogens (tertiary/aromatic N) is 4. The first-order valence-electron chi connectivity index (χ1n) is 10.3. The van der Waals surface area contributed by atoms with Crippen LogP contribution in [0.15, 0.2) is 85.3 Å². The Balaban J connectivity index is 1.43. The van der Waals surface area contributed by atoms with Crippen LogP contribution in [0.3, 0.4) is 0 Å². The Morgan fingerprint density at radius 1 is 1.09 bits per heavy atom. The molecular formula is C24H22FN7O2. The number of methoxy groups -OCH3 is 1. The van der Waals surface area contributed by atoms with Crippen LogP contribution in [0.25, 0.3) is 0 Å². The maximum atomic E-state index is 14.4. The van der Waals surface area contributed by atoms with Gasteiger partial charge in [0, 0.05) is 35.0 Å². The van der Waals surface area contributed by atoms with Gasteiger partial charge in [-0.2, -0.15) is 10.1 Å². The van der Waals surface area contributed by atoms with Gasteiger partial charge in [-0.3, -0.25) is 9.48 Å². The number of benzene rings is 2. The Hall–Kier alpha value is -4.73. The van der Waals surface area contributed by atoms with Gasteiger partial charge in [0.25, 0.3) is 5.91 Å². The average molecular weight is 459 g/mol. The summed E-state index contributed by atoms with van der Waals surface area (Å²) in [6, 6.07) is 15.8. The minimum Gasteiger partial charge on any atom is -0.497 e. The summed E-state index contributed by atoms with van der Waals surface area (Å²) >= 11 is 0. The third-order valence-corrected chi connectivity index (χ3v) is 4.71. The van der Waals surface area contributed by atoms with Gasteiger partial charge in [0.2, 0.25) is 5.95 Å². The third-order valence-electron chi connectivity index (χ3n) is 4.71. The zero-order chi connectivity index (χ0) is 23.9. The van der Waals surface area contributed by atoms with E-state index in [9.17, 15) is 9.18 Å². The molecule has 10 heteroatoms. The second-order valence-electron chi connectivity index (χ2n) is 7.21. The molecule has 3 N–H and O–H groups in total. The number of carbonyl (C=O) groups excluding carboxylic acids is 1. The lowest BCUT2D eigenvalue weighted by atomic mass is 10.2. The van der Waals surface area contributed by atoms with E-state index < -0.39 is 5.82 Å². The van der Waals surface area contributed by atoms with Crippen LogP contribution in [-0.4, -0.2) is 32.8 Å². The highest BCUT2D eigenvalue weighted by atomic mass is 19.1. The second kappa shape index (κ2) is 10.3. The minimum absolute atomic E-state index is 0.0161. The topological polar surface area (TPSA) is 106 Å². The quantitative estimate of drug-likeness (QED) is 0.316. The number of carbonyl (C=O) groups is 1. The van der Waals surface area contributed by atoms with Gasteiger partial charge in [-0.05, 0) is 48.5 Å². The minimum atomic E-state index is -0.623. The summed E-state index contributed by atoms with van der Waals surface area (Å²) in [5.41, 5.74) is 2.11. The summed E-state index contributed by atoms with van der Waals surface area (Å²) in [6.07, 6.45) is 4.45. The van der Waals surface area contributed by atoms with Gasteiger partial charge in [0.05, 0.1) is 19.9 Å². The largest absolute Gasteiger partial charge is 0.497 e. The summed E-state index contributed by atoms with van der Waals surface area (Å²) in [4.78, 5) is 20.7. The number of rotatable bonds is 9. The molecule has 4 rings (SSSR count). The van der Waals surface area contributed by atoms with Crippen molar-refractivity contribution in [2.45, 2.75) is 6.54 Å². The molecule has 2 aromatic carbocycles. The molecule has 0 aliphatic rings. The molecule has 4 aromatic rings. The number of ether oxygens (including phenoxy) is 1. The van der Waals surface area contributed by atoms with Gasteiger partial charge in [-0.25, -0.2) is 9.37 Å². The Morgan fingerprint density at radius 3 is 2.62 bits per heavy atom. The van der Waals surface area contributed by atoms with E-state index in [1.54, 1.807) is 78.8 Å². The maximum absolute atomic E-state index is 14.4. The van der Waals surface area contributed by atoms with Crippen LogP contribution in [-0.2, 0) is 11.3 Å². The smallest absolute Gasteiger partial charge is 0.252 e. The number of hydrogen-bond acceptors (Lipinski definition) is 7. The van der Waals surface area contributed by atoms with Gasteiger partial charge in [-0.1, -0.05) is 12.6 Å². The highest BCUT2D eigenvalue weighted by Gasteiger charge is 2.11. The number of halogens is 1. The Kier molecular flexibility index (Phi) is 6.78. The molecule has 2 heterocycles. The summed E-state index contributed by atoms with van der Waals surface area (Å²) in [5.74, 6) is -0.0509. The first-order valence-corrected chi connectivity index (χ1v) is 10.3. The average Bonchev–Trinajstić information content (AvgIpc) is 3.35. The molecule has 0 radical (unpaired) electrons. The summed E-state index contributed by atoms with van der Waals surface area (Å²) in [7, 11) is 1.58. The van der Waals surface area contributed by atoms with Crippen molar-refractivity contribution in [3.05, 3.63) is 91.2 Å². The summed E-state index contributed by atoms with van der Waals surface area (Å²) in [6.45, 7) is 4.08. The first kappa shape index (κ1) is 22.5. The van der Waals surface area contributed by atoms with Crippen molar-refractivity contribution in [3.8, 4) is 5.75 Å². The second-order valence-corrected chi connectivity index (χ2v) is 7.21. The predicted molar refractivity (Wildman–Crippen MR) is 128 cm³/mol. The third kappa shape index (κ3) is 5.74.